The number of ether oxygens (including phenoxy) is 3. The summed E-state index contributed by atoms with van der Waals surface area (Å²) in [6.45, 7) is 2.87. The van der Waals surface area contributed by atoms with E-state index < -0.39 is 0 Å². The first-order valence-corrected chi connectivity index (χ1v) is 10.1. The van der Waals surface area contributed by atoms with E-state index >= 15 is 0 Å². The third-order valence-electron chi connectivity index (χ3n) is 4.25. The van der Waals surface area contributed by atoms with Crippen molar-refractivity contribution in [2.45, 2.75) is 32.6 Å². The molecule has 7 heteroatoms. The van der Waals surface area contributed by atoms with Gasteiger partial charge in [-0.3, -0.25) is 10.1 Å². The molecule has 1 amide bonds. The van der Waals surface area contributed by atoms with Crippen LogP contribution in [0.3, 0.4) is 0 Å². The Hall–Kier alpha value is -2.80. The lowest BCUT2D eigenvalue weighted by molar-refractivity contribution is 0.0977. The van der Waals surface area contributed by atoms with E-state index in [2.05, 4.69) is 17.6 Å². The van der Waals surface area contributed by atoms with Gasteiger partial charge in [0.05, 0.1) is 20.8 Å². The van der Waals surface area contributed by atoms with E-state index in [0.717, 1.165) is 12.2 Å². The van der Waals surface area contributed by atoms with Gasteiger partial charge in [0.25, 0.3) is 5.91 Å². The highest BCUT2D eigenvalue weighted by molar-refractivity contribution is 7.80. The summed E-state index contributed by atoms with van der Waals surface area (Å²) >= 11 is 5.23. The molecule has 0 fully saturated rings. The Morgan fingerprint density at radius 1 is 0.966 bits per heavy atom. The highest BCUT2D eigenvalue weighted by Crippen LogP contribution is 2.29. The van der Waals surface area contributed by atoms with Crippen molar-refractivity contribution in [1.29, 1.82) is 0 Å². The predicted molar refractivity (Wildman–Crippen MR) is 119 cm³/mol. The number of amides is 1. The molecule has 2 aromatic carbocycles. The normalized spacial score (nSPS) is 10.2. The van der Waals surface area contributed by atoms with Crippen LogP contribution in [0.2, 0.25) is 0 Å². The maximum absolute atomic E-state index is 12.4. The van der Waals surface area contributed by atoms with Crippen LogP contribution in [0.4, 0.5) is 5.69 Å². The fraction of sp³-hybridized carbons (Fsp3) is 0.364. The van der Waals surface area contributed by atoms with E-state index in [4.69, 9.17) is 26.4 Å². The number of thiocarbonyl (C=S) groups is 1. The number of nitrogens with one attached hydrogen (secondary N) is 2. The molecular formula is C22H28N2O4S. The van der Waals surface area contributed by atoms with Gasteiger partial charge in [-0.1, -0.05) is 26.2 Å². The third-order valence-corrected chi connectivity index (χ3v) is 4.46. The van der Waals surface area contributed by atoms with Crippen LogP contribution < -0.4 is 24.8 Å². The number of methoxy groups -OCH3 is 2. The average molecular weight is 417 g/mol. The highest BCUT2D eigenvalue weighted by atomic mass is 32.1. The van der Waals surface area contributed by atoms with Gasteiger partial charge < -0.3 is 19.5 Å². The van der Waals surface area contributed by atoms with Crippen molar-refractivity contribution in [2.24, 2.45) is 0 Å². The van der Waals surface area contributed by atoms with Gasteiger partial charge in [-0.2, -0.15) is 0 Å². The van der Waals surface area contributed by atoms with Crippen LogP contribution in [0.25, 0.3) is 0 Å². The predicted octanol–water partition coefficient (Wildman–Crippen LogP) is 4.79. The number of carbonyl (C=O) groups excluding carboxylic acids is 1. The molecule has 29 heavy (non-hydrogen) atoms. The van der Waals surface area contributed by atoms with Gasteiger partial charge in [0.1, 0.15) is 5.75 Å². The molecule has 0 aliphatic heterocycles. The van der Waals surface area contributed by atoms with Crippen LogP contribution in [0, 0.1) is 0 Å². The van der Waals surface area contributed by atoms with Gasteiger partial charge >= 0.3 is 0 Å². The summed E-state index contributed by atoms with van der Waals surface area (Å²) in [6, 6.07) is 12.3. The number of hydrogen-bond acceptors (Lipinski definition) is 5. The second-order valence-corrected chi connectivity index (χ2v) is 6.82. The molecule has 0 spiro atoms. The zero-order valence-corrected chi connectivity index (χ0v) is 17.9. The fourth-order valence-electron chi connectivity index (χ4n) is 2.67. The van der Waals surface area contributed by atoms with Crippen molar-refractivity contribution >= 4 is 28.9 Å². The van der Waals surface area contributed by atoms with E-state index in [1.807, 2.05) is 0 Å². The number of anilines is 1. The Labute approximate surface area is 177 Å². The number of unbranched alkanes of at least 4 members (excludes halogenated alkanes) is 3. The van der Waals surface area contributed by atoms with Crippen molar-refractivity contribution in [1.82, 2.24) is 5.32 Å². The zero-order chi connectivity index (χ0) is 21.1. The molecule has 0 unspecified atom stereocenters. The monoisotopic (exact) mass is 416 g/mol. The van der Waals surface area contributed by atoms with Crippen molar-refractivity contribution < 1.29 is 19.0 Å². The van der Waals surface area contributed by atoms with Crippen LogP contribution >= 0.6 is 12.2 Å². The number of hydrogen-bond donors (Lipinski definition) is 2. The van der Waals surface area contributed by atoms with E-state index in [1.54, 1.807) is 56.7 Å². The minimum Gasteiger partial charge on any atom is -0.494 e. The molecule has 0 atom stereocenters. The second kappa shape index (κ2) is 11.9. The standard InChI is InChI=1S/C22H28N2O4S/c1-4-5-6-7-14-28-18-11-8-16(9-12-18)21(25)24-22(29)23-17-10-13-19(26-2)20(15-17)27-3/h8-13,15H,4-7,14H2,1-3H3,(H2,23,24,25,29). The Bertz CT molecular complexity index is 809. The lowest BCUT2D eigenvalue weighted by atomic mass is 10.2. The van der Waals surface area contributed by atoms with E-state index in [-0.39, 0.29) is 11.0 Å². The topological polar surface area (TPSA) is 68.8 Å². The summed E-state index contributed by atoms with van der Waals surface area (Å²) in [5, 5.41) is 5.82. The number of carbonyl (C=O) groups is 1. The maximum atomic E-state index is 12.4. The third kappa shape index (κ3) is 7.27. The Morgan fingerprint density at radius 2 is 1.69 bits per heavy atom. The van der Waals surface area contributed by atoms with Crippen LogP contribution in [0.1, 0.15) is 43.0 Å². The van der Waals surface area contributed by atoms with Crippen molar-refractivity contribution in [3.8, 4) is 17.2 Å². The summed E-state index contributed by atoms with van der Waals surface area (Å²) in [4.78, 5) is 12.4. The first kappa shape index (κ1) is 22.5. The summed E-state index contributed by atoms with van der Waals surface area (Å²) in [5.74, 6) is 1.64. The smallest absolute Gasteiger partial charge is 0.257 e. The van der Waals surface area contributed by atoms with Gasteiger partial charge in [-0.05, 0) is 55.0 Å². The second-order valence-electron chi connectivity index (χ2n) is 6.41. The van der Waals surface area contributed by atoms with Crippen molar-refractivity contribution in [2.75, 3.05) is 26.1 Å². The molecule has 0 heterocycles. The number of rotatable bonds is 10. The van der Waals surface area contributed by atoms with E-state index in [9.17, 15) is 4.79 Å². The van der Waals surface area contributed by atoms with Crippen LogP contribution in [-0.2, 0) is 0 Å². The van der Waals surface area contributed by atoms with Crippen LogP contribution in [0.15, 0.2) is 42.5 Å². The molecule has 2 N–H and O–H groups in total. The quantitative estimate of drug-likeness (QED) is 0.429. The summed E-state index contributed by atoms with van der Waals surface area (Å²) in [7, 11) is 3.12. The first-order chi connectivity index (χ1) is 14.1. The number of benzene rings is 2. The molecule has 2 aromatic rings. The molecule has 0 saturated carbocycles. The van der Waals surface area contributed by atoms with Crippen molar-refractivity contribution in [3.63, 3.8) is 0 Å². The fourth-order valence-corrected chi connectivity index (χ4v) is 2.88. The zero-order valence-electron chi connectivity index (χ0n) is 17.1. The molecule has 0 radical (unpaired) electrons. The molecule has 0 aromatic heterocycles. The van der Waals surface area contributed by atoms with Gasteiger partial charge in [0.2, 0.25) is 0 Å². The molecule has 2 rings (SSSR count). The van der Waals surface area contributed by atoms with Gasteiger partial charge in [0, 0.05) is 17.3 Å². The SMILES string of the molecule is CCCCCCOc1ccc(C(=O)NC(=S)Nc2ccc(OC)c(OC)c2)cc1. The Kier molecular flexibility index (Phi) is 9.24. The maximum Gasteiger partial charge on any atom is 0.257 e. The average Bonchev–Trinajstić information content (AvgIpc) is 2.73. The summed E-state index contributed by atoms with van der Waals surface area (Å²) in [5.41, 5.74) is 1.18. The molecule has 0 aliphatic carbocycles. The lowest BCUT2D eigenvalue weighted by Gasteiger charge is -2.13. The minimum atomic E-state index is -0.294. The van der Waals surface area contributed by atoms with Crippen molar-refractivity contribution in [3.05, 3.63) is 48.0 Å². The molecule has 0 aliphatic rings. The molecule has 156 valence electrons. The highest BCUT2D eigenvalue weighted by Gasteiger charge is 2.10. The minimum absolute atomic E-state index is 0.193. The van der Waals surface area contributed by atoms with E-state index in [0.29, 0.717) is 29.4 Å². The van der Waals surface area contributed by atoms with Crippen LogP contribution in [-0.4, -0.2) is 31.8 Å². The molecule has 0 saturated heterocycles. The van der Waals surface area contributed by atoms with Gasteiger partial charge in [0.15, 0.2) is 16.6 Å². The molecular weight excluding hydrogens is 388 g/mol. The van der Waals surface area contributed by atoms with Gasteiger partial charge in [-0.15, -0.1) is 0 Å². The lowest BCUT2D eigenvalue weighted by Crippen LogP contribution is -2.34. The molecule has 0 bridgehead atoms. The van der Waals surface area contributed by atoms with E-state index in [1.165, 1.54) is 19.3 Å². The summed E-state index contributed by atoms with van der Waals surface area (Å²) < 4.78 is 16.2. The Morgan fingerprint density at radius 3 is 2.34 bits per heavy atom. The van der Waals surface area contributed by atoms with Gasteiger partial charge in [-0.25, -0.2) is 0 Å². The first-order valence-electron chi connectivity index (χ1n) is 9.64. The van der Waals surface area contributed by atoms with Crippen LogP contribution in [0.5, 0.6) is 17.2 Å². The largest absolute Gasteiger partial charge is 0.494 e. The molecule has 6 nitrogen and oxygen atoms in total. The Balaban J connectivity index is 1.85. The summed E-state index contributed by atoms with van der Waals surface area (Å²) in [6.07, 6.45) is 4.62.